The van der Waals surface area contributed by atoms with Gasteiger partial charge in [0, 0.05) is 22.3 Å². The predicted molar refractivity (Wildman–Crippen MR) is 153 cm³/mol. The summed E-state index contributed by atoms with van der Waals surface area (Å²) in [6.07, 6.45) is 2.57. The number of benzene rings is 3. The maximum Gasteiger partial charge on any atom is 0.221 e. The van der Waals surface area contributed by atoms with Crippen molar-refractivity contribution >= 4 is 56.7 Å². The van der Waals surface area contributed by atoms with Gasteiger partial charge in [-0.15, -0.1) is 0 Å². The minimum Gasteiger partial charge on any atom is -0.457 e. The van der Waals surface area contributed by atoms with Gasteiger partial charge in [0.25, 0.3) is 0 Å². The molecule has 3 aromatic rings. The van der Waals surface area contributed by atoms with Crippen LogP contribution in [0.4, 0.5) is 0 Å². The van der Waals surface area contributed by atoms with E-state index in [1.165, 1.54) is 23.5 Å². The van der Waals surface area contributed by atoms with Crippen molar-refractivity contribution < 1.29 is 9.47 Å². The molecule has 0 saturated heterocycles. The fourth-order valence-electron chi connectivity index (χ4n) is 2.96. The fourth-order valence-corrected chi connectivity index (χ4v) is 3.54. The molecule has 0 aliphatic carbocycles. The molecule has 170 valence electrons. The summed E-state index contributed by atoms with van der Waals surface area (Å²) >= 11 is 13.5. The summed E-state index contributed by atoms with van der Waals surface area (Å²) in [6, 6.07) is 27.3. The van der Waals surface area contributed by atoms with Crippen molar-refractivity contribution in [2.24, 2.45) is 0 Å². The molecular formula is C28H22O2S4. The van der Waals surface area contributed by atoms with Crippen LogP contribution in [0.2, 0.25) is 0 Å². The first-order chi connectivity index (χ1) is 16.6. The Morgan fingerprint density at radius 3 is 1.32 bits per heavy atom. The van der Waals surface area contributed by atoms with E-state index in [1.54, 1.807) is 0 Å². The summed E-state index contributed by atoms with van der Waals surface area (Å²) in [4.78, 5) is 0. The summed E-state index contributed by atoms with van der Waals surface area (Å²) in [6.45, 7) is 0. The van der Waals surface area contributed by atoms with E-state index in [4.69, 9.17) is 33.9 Å². The van der Waals surface area contributed by atoms with Crippen molar-refractivity contribution in [3.05, 3.63) is 107 Å². The van der Waals surface area contributed by atoms with Gasteiger partial charge in [0.05, 0.1) is 0 Å². The lowest BCUT2D eigenvalue weighted by molar-refractivity contribution is 0.243. The minimum atomic E-state index is -0.594. The zero-order chi connectivity index (χ0) is 24.2. The second-order valence-corrected chi connectivity index (χ2v) is 9.62. The minimum absolute atomic E-state index is 0.412. The Labute approximate surface area is 220 Å². The summed E-state index contributed by atoms with van der Waals surface area (Å²) < 4.78 is 13.0. The topological polar surface area (TPSA) is 18.5 Å². The fraction of sp³-hybridized carbons (Fsp3) is 0.143. The van der Waals surface area contributed by atoms with Gasteiger partial charge in [-0.2, -0.15) is 0 Å². The monoisotopic (exact) mass is 518 g/mol. The van der Waals surface area contributed by atoms with E-state index in [2.05, 4.69) is 23.7 Å². The highest BCUT2D eigenvalue weighted by atomic mass is 32.2. The zero-order valence-corrected chi connectivity index (χ0v) is 22.0. The van der Waals surface area contributed by atoms with Gasteiger partial charge in [-0.1, -0.05) is 96.0 Å². The smallest absolute Gasteiger partial charge is 0.221 e. The molecule has 0 radical (unpaired) electrons. The molecule has 0 saturated carbocycles. The first-order valence-electron chi connectivity index (χ1n) is 10.3. The van der Waals surface area contributed by atoms with E-state index in [0.29, 0.717) is 8.77 Å². The van der Waals surface area contributed by atoms with Gasteiger partial charge in [0.1, 0.15) is 0 Å². The molecule has 0 aromatic heterocycles. The van der Waals surface area contributed by atoms with Crippen LogP contribution < -0.4 is 0 Å². The lowest BCUT2D eigenvalue weighted by Crippen LogP contribution is -2.13. The number of hydrogen-bond acceptors (Lipinski definition) is 6. The molecule has 0 N–H and O–H groups in total. The molecule has 6 heteroatoms. The second-order valence-electron chi connectivity index (χ2n) is 6.80. The van der Waals surface area contributed by atoms with Crippen LogP contribution in [-0.4, -0.2) is 21.3 Å². The highest BCUT2D eigenvalue weighted by Gasteiger charge is 2.22. The third-order valence-electron chi connectivity index (χ3n) is 4.57. The Morgan fingerprint density at radius 2 is 0.971 bits per heavy atom. The van der Waals surface area contributed by atoms with Crippen LogP contribution in [0.5, 0.6) is 0 Å². The third-order valence-corrected chi connectivity index (χ3v) is 6.62. The quantitative estimate of drug-likeness (QED) is 0.267. The molecule has 0 aliphatic heterocycles. The molecule has 0 heterocycles. The third kappa shape index (κ3) is 7.94. The molecule has 2 atom stereocenters. The Hall–Kier alpha value is -2.74. The first-order valence-corrected chi connectivity index (χ1v) is 13.6. The van der Waals surface area contributed by atoms with Gasteiger partial charge in [0.2, 0.25) is 8.77 Å². The van der Waals surface area contributed by atoms with Crippen molar-refractivity contribution in [1.29, 1.82) is 0 Å². The number of thioether (sulfide) groups is 2. The Bertz CT molecular complexity index is 1140. The van der Waals surface area contributed by atoms with Crippen molar-refractivity contribution in [1.82, 2.24) is 0 Å². The van der Waals surface area contributed by atoms with Crippen LogP contribution in [0.1, 0.15) is 34.5 Å². The lowest BCUT2D eigenvalue weighted by Gasteiger charge is -2.21. The van der Waals surface area contributed by atoms with Gasteiger partial charge >= 0.3 is 0 Å². The summed E-state index contributed by atoms with van der Waals surface area (Å²) in [7, 11) is 0. The number of thiocarbonyl (C=S) groups is 2. The maximum atomic E-state index is 6.07. The van der Waals surface area contributed by atoms with Gasteiger partial charge in [-0.3, -0.25) is 0 Å². The second kappa shape index (κ2) is 13.8. The molecule has 0 bridgehead atoms. The standard InChI is InChI=1S/C28H22O2S4/c1-33-27(31)29-25(19-17-21-11-5-3-6-12-21)23-15-9-10-16-24(23)26(30-28(32)34-2)20-18-22-13-7-4-8-14-22/h3-16,25-26H,1-2H3/t25-,26-/m0/s1. The summed E-state index contributed by atoms with van der Waals surface area (Å²) in [5, 5.41) is 0. The molecule has 0 amide bonds. The highest BCUT2D eigenvalue weighted by molar-refractivity contribution is 8.22. The number of ether oxygens (including phenoxy) is 2. The first kappa shape index (κ1) is 25.9. The van der Waals surface area contributed by atoms with Crippen molar-refractivity contribution in [3.8, 4) is 23.7 Å². The van der Waals surface area contributed by atoms with Crippen LogP contribution in [0.15, 0.2) is 84.9 Å². The van der Waals surface area contributed by atoms with Crippen molar-refractivity contribution in [3.63, 3.8) is 0 Å². The van der Waals surface area contributed by atoms with E-state index in [-0.39, 0.29) is 0 Å². The lowest BCUT2D eigenvalue weighted by atomic mass is 9.97. The van der Waals surface area contributed by atoms with Gasteiger partial charge in [-0.05, 0) is 73.1 Å². The predicted octanol–water partition coefficient (Wildman–Crippen LogP) is 7.20. The van der Waals surface area contributed by atoms with Gasteiger partial charge in [0.15, 0.2) is 12.2 Å². The molecule has 0 unspecified atom stereocenters. The average molecular weight is 519 g/mol. The van der Waals surface area contributed by atoms with E-state index in [9.17, 15) is 0 Å². The molecule has 2 nitrogen and oxygen atoms in total. The van der Waals surface area contributed by atoms with Gasteiger partial charge in [-0.25, -0.2) is 0 Å². The average Bonchev–Trinajstić information content (AvgIpc) is 2.89. The van der Waals surface area contributed by atoms with E-state index < -0.39 is 12.2 Å². The van der Waals surface area contributed by atoms with Crippen LogP contribution in [-0.2, 0) is 9.47 Å². The number of rotatable bonds is 4. The van der Waals surface area contributed by atoms with Crippen LogP contribution in [0, 0.1) is 23.7 Å². The normalized spacial score (nSPS) is 11.6. The highest BCUT2D eigenvalue weighted by Crippen LogP contribution is 2.30. The van der Waals surface area contributed by atoms with Gasteiger partial charge < -0.3 is 9.47 Å². The zero-order valence-electron chi connectivity index (χ0n) is 18.7. The van der Waals surface area contributed by atoms with E-state index in [0.717, 1.165) is 22.3 Å². The van der Waals surface area contributed by atoms with Crippen LogP contribution in [0.25, 0.3) is 0 Å². The molecule has 34 heavy (non-hydrogen) atoms. The number of hydrogen-bond donors (Lipinski definition) is 0. The molecule has 0 fully saturated rings. The molecule has 0 spiro atoms. The Morgan fingerprint density at radius 1 is 0.618 bits per heavy atom. The van der Waals surface area contributed by atoms with Crippen LogP contribution in [0.3, 0.4) is 0 Å². The van der Waals surface area contributed by atoms with E-state index in [1.807, 2.05) is 97.4 Å². The summed E-state index contributed by atoms with van der Waals surface area (Å²) in [5.41, 5.74) is 3.45. The maximum absolute atomic E-state index is 6.07. The SMILES string of the molecule is CSC(=S)O[C@@H](C#Cc1ccccc1)c1ccccc1[C@H](C#Cc1ccccc1)OC(=S)SC. The summed E-state index contributed by atoms with van der Waals surface area (Å²) in [5.74, 6) is 12.9. The largest absolute Gasteiger partial charge is 0.457 e. The van der Waals surface area contributed by atoms with Crippen molar-refractivity contribution in [2.75, 3.05) is 12.5 Å². The molecule has 3 rings (SSSR count). The molecule has 3 aromatic carbocycles. The van der Waals surface area contributed by atoms with Crippen LogP contribution >= 0.6 is 48.0 Å². The molecule has 0 aliphatic rings. The van der Waals surface area contributed by atoms with Crippen molar-refractivity contribution in [2.45, 2.75) is 12.2 Å². The van der Waals surface area contributed by atoms with E-state index >= 15 is 0 Å². The molecular weight excluding hydrogens is 497 g/mol. The Balaban J connectivity index is 2.06. The Kier molecular flexibility index (Phi) is 10.5.